The second-order valence-corrected chi connectivity index (χ2v) is 6.57. The number of alkyl halides is 3. The largest absolute Gasteiger partial charge is 0.416 e. The Morgan fingerprint density at radius 2 is 1.85 bits per heavy atom. The van der Waals surface area contributed by atoms with Crippen LogP contribution in [-0.2, 0) is 23.8 Å². The zero-order valence-electron chi connectivity index (χ0n) is 14.7. The van der Waals surface area contributed by atoms with Crippen molar-refractivity contribution in [3.63, 3.8) is 0 Å². The van der Waals surface area contributed by atoms with Crippen molar-refractivity contribution in [1.29, 1.82) is 0 Å². The van der Waals surface area contributed by atoms with Gasteiger partial charge in [0.15, 0.2) is 0 Å². The summed E-state index contributed by atoms with van der Waals surface area (Å²) in [7, 11) is 0. The van der Waals surface area contributed by atoms with Crippen molar-refractivity contribution in [3.05, 3.63) is 65.2 Å². The minimum absolute atomic E-state index is 0.0202. The molecule has 0 saturated heterocycles. The molecule has 2 aromatic carbocycles. The highest BCUT2D eigenvalue weighted by Crippen LogP contribution is 2.32. The maximum absolute atomic E-state index is 13.0. The van der Waals surface area contributed by atoms with E-state index in [4.69, 9.17) is 0 Å². The van der Waals surface area contributed by atoms with Gasteiger partial charge >= 0.3 is 6.18 Å². The highest BCUT2D eigenvalue weighted by molar-refractivity contribution is 5.96. The average molecular weight is 378 g/mol. The molecule has 0 saturated carbocycles. The quantitative estimate of drug-likeness (QED) is 0.813. The molecular formula is C20H21F3N2O2. The number of aliphatic hydroxyl groups is 1. The van der Waals surface area contributed by atoms with Crippen LogP contribution < -0.4 is 10.2 Å². The van der Waals surface area contributed by atoms with E-state index in [2.05, 4.69) is 5.32 Å². The highest BCUT2D eigenvalue weighted by atomic mass is 19.4. The summed E-state index contributed by atoms with van der Waals surface area (Å²) in [4.78, 5) is 14.1. The van der Waals surface area contributed by atoms with Crippen LogP contribution in [0, 0.1) is 0 Å². The Hall–Kier alpha value is -2.38. The number of benzene rings is 2. The Labute approximate surface area is 155 Å². The lowest BCUT2D eigenvalue weighted by Gasteiger charge is -2.19. The standard InChI is InChI=1S/C20H21F3N2O2/c21-20(22,23)17-7-3-1-6-15(17)11-16(26)12-24-13-19(27)25-10-9-14-5-2-4-8-18(14)25/h1-8,16,24,26H,9-13H2. The van der Waals surface area contributed by atoms with Gasteiger partial charge in [0.2, 0.25) is 5.91 Å². The van der Waals surface area contributed by atoms with Crippen LogP contribution in [-0.4, -0.2) is 36.8 Å². The molecule has 4 nitrogen and oxygen atoms in total. The van der Waals surface area contributed by atoms with Gasteiger partial charge in [-0.2, -0.15) is 13.2 Å². The maximum atomic E-state index is 13.0. The minimum atomic E-state index is -4.46. The summed E-state index contributed by atoms with van der Waals surface area (Å²) in [5, 5.41) is 12.9. The SMILES string of the molecule is O=C(CNCC(O)Cc1ccccc1C(F)(F)F)N1CCc2ccccc21. The lowest BCUT2D eigenvalue weighted by atomic mass is 10.0. The number of aliphatic hydroxyl groups excluding tert-OH is 1. The van der Waals surface area contributed by atoms with Crippen LogP contribution in [0.25, 0.3) is 0 Å². The zero-order chi connectivity index (χ0) is 19.4. The number of hydrogen-bond acceptors (Lipinski definition) is 3. The van der Waals surface area contributed by atoms with E-state index >= 15 is 0 Å². The first-order valence-electron chi connectivity index (χ1n) is 8.78. The molecule has 2 N–H and O–H groups in total. The van der Waals surface area contributed by atoms with E-state index in [0.717, 1.165) is 23.7 Å². The summed E-state index contributed by atoms with van der Waals surface area (Å²) in [5.74, 6) is -0.122. The molecule has 27 heavy (non-hydrogen) atoms. The van der Waals surface area contributed by atoms with Gasteiger partial charge in [-0.3, -0.25) is 4.79 Å². The van der Waals surface area contributed by atoms with Gasteiger partial charge in [-0.1, -0.05) is 36.4 Å². The van der Waals surface area contributed by atoms with E-state index in [0.29, 0.717) is 6.54 Å². The van der Waals surface area contributed by atoms with Crippen LogP contribution >= 0.6 is 0 Å². The Morgan fingerprint density at radius 1 is 1.15 bits per heavy atom. The van der Waals surface area contributed by atoms with Crippen LogP contribution in [0.2, 0.25) is 0 Å². The fourth-order valence-corrected chi connectivity index (χ4v) is 3.34. The molecule has 0 fully saturated rings. The molecule has 0 radical (unpaired) electrons. The normalized spacial score (nSPS) is 14.9. The maximum Gasteiger partial charge on any atom is 0.416 e. The molecule has 1 aliphatic heterocycles. The highest BCUT2D eigenvalue weighted by Gasteiger charge is 2.33. The molecule has 1 atom stereocenters. The summed E-state index contributed by atoms with van der Waals surface area (Å²) in [6.07, 6.45) is -4.81. The number of hydrogen-bond donors (Lipinski definition) is 2. The molecule has 1 aliphatic rings. The first-order chi connectivity index (χ1) is 12.9. The van der Waals surface area contributed by atoms with Crippen molar-refractivity contribution in [2.75, 3.05) is 24.5 Å². The number of amides is 1. The predicted octanol–water partition coefficient (Wildman–Crippen LogP) is 2.79. The van der Waals surface area contributed by atoms with Gasteiger partial charge in [0.25, 0.3) is 0 Å². The second-order valence-electron chi connectivity index (χ2n) is 6.57. The van der Waals surface area contributed by atoms with Gasteiger partial charge in [-0.25, -0.2) is 0 Å². The number of fused-ring (bicyclic) bond motifs is 1. The molecule has 3 rings (SSSR count). The lowest BCUT2D eigenvalue weighted by molar-refractivity contribution is -0.138. The number of rotatable bonds is 6. The third-order valence-electron chi connectivity index (χ3n) is 4.62. The Kier molecular flexibility index (Phi) is 5.82. The molecule has 7 heteroatoms. The van der Waals surface area contributed by atoms with Crippen molar-refractivity contribution in [2.45, 2.75) is 25.1 Å². The Morgan fingerprint density at radius 3 is 2.63 bits per heavy atom. The van der Waals surface area contributed by atoms with Gasteiger partial charge in [-0.05, 0) is 29.7 Å². The summed E-state index contributed by atoms with van der Waals surface area (Å²) < 4.78 is 39.0. The van der Waals surface area contributed by atoms with Crippen LogP contribution in [0.3, 0.4) is 0 Å². The lowest BCUT2D eigenvalue weighted by Crippen LogP contribution is -2.40. The Balaban J connectivity index is 1.51. The average Bonchev–Trinajstić information content (AvgIpc) is 3.05. The van der Waals surface area contributed by atoms with Gasteiger partial charge < -0.3 is 15.3 Å². The summed E-state index contributed by atoms with van der Waals surface area (Å²) in [6.45, 7) is 0.668. The van der Waals surface area contributed by atoms with Crippen molar-refractivity contribution in [3.8, 4) is 0 Å². The summed E-state index contributed by atoms with van der Waals surface area (Å²) in [6, 6.07) is 12.9. The molecule has 0 aromatic heterocycles. The topological polar surface area (TPSA) is 52.6 Å². The molecule has 144 valence electrons. The molecule has 1 amide bonds. The third-order valence-corrected chi connectivity index (χ3v) is 4.62. The van der Waals surface area contributed by atoms with Crippen LogP contribution in [0.1, 0.15) is 16.7 Å². The number of carbonyl (C=O) groups is 1. The molecular weight excluding hydrogens is 357 g/mol. The second kappa shape index (κ2) is 8.10. The van der Waals surface area contributed by atoms with Gasteiger partial charge in [0.1, 0.15) is 0 Å². The molecule has 1 heterocycles. The number of anilines is 1. The predicted molar refractivity (Wildman–Crippen MR) is 96.5 cm³/mol. The minimum Gasteiger partial charge on any atom is -0.391 e. The summed E-state index contributed by atoms with van der Waals surface area (Å²) >= 11 is 0. The number of carbonyl (C=O) groups excluding carboxylic acids is 1. The van der Waals surface area contributed by atoms with Crippen LogP contribution in [0.15, 0.2) is 48.5 Å². The van der Waals surface area contributed by atoms with E-state index in [-0.39, 0.29) is 31.0 Å². The third kappa shape index (κ3) is 4.67. The smallest absolute Gasteiger partial charge is 0.391 e. The number of halogens is 3. The molecule has 0 spiro atoms. The van der Waals surface area contributed by atoms with Crippen molar-refractivity contribution >= 4 is 11.6 Å². The van der Waals surface area contributed by atoms with E-state index in [1.165, 1.54) is 18.2 Å². The number of nitrogens with zero attached hydrogens (tertiary/aromatic N) is 1. The summed E-state index contributed by atoms with van der Waals surface area (Å²) in [5.41, 5.74) is 1.31. The fraction of sp³-hybridized carbons (Fsp3) is 0.350. The van der Waals surface area contributed by atoms with E-state index in [1.807, 2.05) is 24.3 Å². The fourth-order valence-electron chi connectivity index (χ4n) is 3.34. The van der Waals surface area contributed by atoms with Crippen LogP contribution in [0.5, 0.6) is 0 Å². The first kappa shape index (κ1) is 19.4. The number of nitrogens with one attached hydrogen (secondary N) is 1. The van der Waals surface area contributed by atoms with Crippen molar-refractivity contribution < 1.29 is 23.1 Å². The van der Waals surface area contributed by atoms with E-state index in [9.17, 15) is 23.1 Å². The number of para-hydroxylation sites is 1. The van der Waals surface area contributed by atoms with Crippen LogP contribution in [0.4, 0.5) is 18.9 Å². The van der Waals surface area contributed by atoms with Crippen molar-refractivity contribution in [2.24, 2.45) is 0 Å². The monoisotopic (exact) mass is 378 g/mol. The van der Waals surface area contributed by atoms with Gasteiger partial charge in [0.05, 0.1) is 18.2 Å². The molecule has 2 aromatic rings. The van der Waals surface area contributed by atoms with E-state index < -0.39 is 17.8 Å². The molecule has 1 unspecified atom stereocenters. The van der Waals surface area contributed by atoms with E-state index in [1.54, 1.807) is 4.90 Å². The van der Waals surface area contributed by atoms with Gasteiger partial charge in [-0.15, -0.1) is 0 Å². The molecule has 0 aliphatic carbocycles. The Bertz CT molecular complexity index is 808. The van der Waals surface area contributed by atoms with Gasteiger partial charge in [0, 0.05) is 25.2 Å². The zero-order valence-corrected chi connectivity index (χ0v) is 14.7. The van der Waals surface area contributed by atoms with Crippen molar-refractivity contribution in [1.82, 2.24) is 5.32 Å². The first-order valence-corrected chi connectivity index (χ1v) is 8.78. The molecule has 0 bridgehead atoms.